The van der Waals surface area contributed by atoms with E-state index < -0.39 is 0 Å². The first kappa shape index (κ1) is 11.7. The molecule has 5 nitrogen and oxygen atoms in total. The van der Waals surface area contributed by atoms with Crippen LogP contribution in [0.15, 0.2) is 18.2 Å². The highest BCUT2D eigenvalue weighted by Gasteiger charge is 2.17. The fourth-order valence-electron chi connectivity index (χ4n) is 1.71. The van der Waals surface area contributed by atoms with Gasteiger partial charge in [-0.2, -0.15) is 0 Å². The van der Waals surface area contributed by atoms with Gasteiger partial charge in [0.05, 0.1) is 20.3 Å². The zero-order chi connectivity index (χ0) is 12.3. The largest absolute Gasteiger partial charge is 0.497 e. The molecule has 2 rings (SSSR count). The molecule has 0 spiro atoms. The molecule has 0 radical (unpaired) electrons. The molecular weight excluding hydrogens is 220 g/mol. The van der Waals surface area contributed by atoms with Crippen LogP contribution in [0.4, 0.5) is 0 Å². The summed E-state index contributed by atoms with van der Waals surface area (Å²) in [6.07, 6.45) is 0.953. The predicted octanol–water partition coefficient (Wildman–Crippen LogP) is 1.15. The maximum absolute atomic E-state index is 7.43. The summed E-state index contributed by atoms with van der Waals surface area (Å²) in [5.41, 5.74) is 6.06. The molecule has 92 valence electrons. The van der Waals surface area contributed by atoms with E-state index in [4.69, 9.17) is 25.4 Å². The molecule has 0 aromatic heterocycles. The number of ether oxygens (including phenoxy) is 3. The van der Waals surface area contributed by atoms with E-state index in [1.54, 1.807) is 25.3 Å². The van der Waals surface area contributed by atoms with E-state index in [0.717, 1.165) is 13.0 Å². The van der Waals surface area contributed by atoms with Crippen LogP contribution in [-0.4, -0.2) is 32.3 Å². The third-order valence-corrected chi connectivity index (χ3v) is 2.62. The smallest absolute Gasteiger partial charge is 0.124 e. The molecule has 3 N–H and O–H groups in total. The van der Waals surface area contributed by atoms with Crippen LogP contribution >= 0.6 is 0 Å². The van der Waals surface area contributed by atoms with Crippen LogP contribution in [0.3, 0.4) is 0 Å². The van der Waals surface area contributed by atoms with Gasteiger partial charge >= 0.3 is 0 Å². The summed E-state index contributed by atoms with van der Waals surface area (Å²) in [7, 11) is 1.57. The SMILES string of the molecule is COc1cc(OC2CCOC2)cc(C(=N)N)c1. The number of hydrogen-bond acceptors (Lipinski definition) is 4. The molecule has 1 heterocycles. The average Bonchev–Trinajstić information content (AvgIpc) is 2.81. The number of methoxy groups -OCH3 is 1. The van der Waals surface area contributed by atoms with Crippen molar-refractivity contribution in [2.24, 2.45) is 5.73 Å². The van der Waals surface area contributed by atoms with Crippen LogP contribution in [0.25, 0.3) is 0 Å². The van der Waals surface area contributed by atoms with E-state index >= 15 is 0 Å². The van der Waals surface area contributed by atoms with Gasteiger partial charge in [0, 0.05) is 18.1 Å². The molecule has 1 aromatic rings. The normalized spacial score (nSPS) is 19.0. The molecule has 1 aromatic carbocycles. The van der Waals surface area contributed by atoms with Crippen molar-refractivity contribution < 1.29 is 14.2 Å². The highest BCUT2D eigenvalue weighted by molar-refractivity contribution is 5.95. The summed E-state index contributed by atoms with van der Waals surface area (Å²) in [4.78, 5) is 0. The van der Waals surface area contributed by atoms with Crippen molar-refractivity contribution in [1.29, 1.82) is 5.41 Å². The summed E-state index contributed by atoms with van der Waals surface area (Å²) in [5, 5.41) is 7.43. The Labute approximate surface area is 100.0 Å². The van der Waals surface area contributed by atoms with Crippen molar-refractivity contribution in [1.82, 2.24) is 0 Å². The highest BCUT2D eigenvalue weighted by Crippen LogP contribution is 2.24. The number of nitrogens with two attached hydrogens (primary N) is 1. The van der Waals surface area contributed by atoms with Crippen molar-refractivity contribution in [3.63, 3.8) is 0 Å². The summed E-state index contributed by atoms with van der Waals surface area (Å²) >= 11 is 0. The number of nitrogen functional groups attached to an aromatic ring is 1. The second-order valence-electron chi connectivity index (χ2n) is 3.91. The molecular formula is C12H16N2O3. The van der Waals surface area contributed by atoms with Gasteiger partial charge in [0.15, 0.2) is 0 Å². The summed E-state index contributed by atoms with van der Waals surface area (Å²) in [6.45, 7) is 1.33. The number of benzene rings is 1. The standard InChI is InChI=1S/C12H16N2O3/c1-15-10-4-8(12(13)14)5-11(6-10)17-9-2-3-16-7-9/h4-6,9H,2-3,7H2,1H3,(H3,13,14). The van der Waals surface area contributed by atoms with Crippen molar-refractivity contribution in [3.05, 3.63) is 23.8 Å². The Kier molecular flexibility index (Phi) is 3.49. The van der Waals surface area contributed by atoms with Gasteiger partial charge in [-0.15, -0.1) is 0 Å². The molecule has 1 atom stereocenters. The van der Waals surface area contributed by atoms with E-state index in [1.807, 2.05) is 0 Å². The van der Waals surface area contributed by atoms with Gasteiger partial charge in [-0.05, 0) is 12.1 Å². The van der Waals surface area contributed by atoms with Crippen molar-refractivity contribution >= 4 is 5.84 Å². The summed E-state index contributed by atoms with van der Waals surface area (Å²) < 4.78 is 16.1. The van der Waals surface area contributed by atoms with E-state index in [0.29, 0.717) is 23.7 Å². The summed E-state index contributed by atoms with van der Waals surface area (Å²) in [6, 6.07) is 5.23. The van der Waals surface area contributed by atoms with E-state index in [9.17, 15) is 0 Å². The molecule has 0 aliphatic carbocycles. The Morgan fingerprint density at radius 2 is 2.18 bits per heavy atom. The van der Waals surface area contributed by atoms with Crippen LogP contribution in [-0.2, 0) is 4.74 Å². The number of hydrogen-bond donors (Lipinski definition) is 2. The van der Waals surface area contributed by atoms with E-state index in [2.05, 4.69) is 0 Å². The minimum atomic E-state index is -0.00331. The first-order chi connectivity index (χ1) is 8.19. The number of rotatable bonds is 4. The van der Waals surface area contributed by atoms with Crippen LogP contribution < -0.4 is 15.2 Å². The zero-order valence-corrected chi connectivity index (χ0v) is 9.73. The van der Waals surface area contributed by atoms with E-state index in [-0.39, 0.29) is 11.9 Å². The second-order valence-corrected chi connectivity index (χ2v) is 3.91. The Hall–Kier alpha value is -1.75. The maximum Gasteiger partial charge on any atom is 0.124 e. The fraction of sp³-hybridized carbons (Fsp3) is 0.417. The van der Waals surface area contributed by atoms with E-state index in [1.165, 1.54) is 0 Å². The molecule has 0 bridgehead atoms. The van der Waals surface area contributed by atoms with Gasteiger partial charge in [-0.3, -0.25) is 5.41 Å². The maximum atomic E-state index is 7.43. The highest BCUT2D eigenvalue weighted by atomic mass is 16.5. The minimum absolute atomic E-state index is 0.00331. The molecule has 1 unspecified atom stereocenters. The van der Waals surface area contributed by atoms with Crippen molar-refractivity contribution in [2.45, 2.75) is 12.5 Å². The minimum Gasteiger partial charge on any atom is -0.497 e. The Bertz CT molecular complexity index is 414. The lowest BCUT2D eigenvalue weighted by atomic mass is 10.2. The third-order valence-electron chi connectivity index (χ3n) is 2.62. The van der Waals surface area contributed by atoms with Gasteiger partial charge < -0.3 is 19.9 Å². The topological polar surface area (TPSA) is 77.6 Å². The van der Waals surface area contributed by atoms with Crippen LogP contribution in [0.1, 0.15) is 12.0 Å². The third kappa shape index (κ3) is 2.88. The molecule has 17 heavy (non-hydrogen) atoms. The summed E-state index contributed by atoms with van der Waals surface area (Å²) in [5.74, 6) is 1.29. The van der Waals surface area contributed by atoms with Crippen LogP contribution in [0.2, 0.25) is 0 Å². The predicted molar refractivity (Wildman–Crippen MR) is 63.9 cm³/mol. The second kappa shape index (κ2) is 5.05. The van der Waals surface area contributed by atoms with Crippen LogP contribution in [0.5, 0.6) is 11.5 Å². The van der Waals surface area contributed by atoms with Gasteiger partial charge in [-0.1, -0.05) is 0 Å². The van der Waals surface area contributed by atoms with Crippen LogP contribution in [0, 0.1) is 5.41 Å². The van der Waals surface area contributed by atoms with Gasteiger partial charge in [0.25, 0.3) is 0 Å². The quantitative estimate of drug-likeness (QED) is 0.607. The Morgan fingerprint density at radius 1 is 1.41 bits per heavy atom. The Morgan fingerprint density at radius 3 is 2.76 bits per heavy atom. The molecule has 5 heteroatoms. The first-order valence-electron chi connectivity index (χ1n) is 5.47. The fourth-order valence-corrected chi connectivity index (χ4v) is 1.71. The molecule has 1 aliphatic heterocycles. The number of amidine groups is 1. The monoisotopic (exact) mass is 236 g/mol. The number of nitrogens with one attached hydrogen (secondary N) is 1. The molecule has 1 saturated heterocycles. The zero-order valence-electron chi connectivity index (χ0n) is 9.73. The molecule has 1 fully saturated rings. The lowest BCUT2D eigenvalue weighted by Crippen LogP contribution is -2.17. The van der Waals surface area contributed by atoms with Crippen molar-refractivity contribution in [3.8, 4) is 11.5 Å². The lowest BCUT2D eigenvalue weighted by Gasteiger charge is -2.14. The Balaban J connectivity index is 2.19. The van der Waals surface area contributed by atoms with Gasteiger partial charge in [0.2, 0.25) is 0 Å². The molecule has 0 amide bonds. The van der Waals surface area contributed by atoms with Gasteiger partial charge in [-0.25, -0.2) is 0 Å². The van der Waals surface area contributed by atoms with Crippen molar-refractivity contribution in [2.75, 3.05) is 20.3 Å². The average molecular weight is 236 g/mol. The van der Waals surface area contributed by atoms with Gasteiger partial charge in [0.1, 0.15) is 23.4 Å². The molecule has 0 saturated carbocycles. The lowest BCUT2D eigenvalue weighted by molar-refractivity contribution is 0.141. The first-order valence-corrected chi connectivity index (χ1v) is 5.47. The molecule has 1 aliphatic rings.